The first-order chi connectivity index (χ1) is 16.6. The number of ether oxygens (including phenoxy) is 1. The largest absolute Gasteiger partial charge is 0.379 e. The highest BCUT2D eigenvalue weighted by molar-refractivity contribution is 6.30. The van der Waals surface area contributed by atoms with Crippen molar-refractivity contribution in [1.82, 2.24) is 15.1 Å². The van der Waals surface area contributed by atoms with Crippen molar-refractivity contribution in [2.24, 2.45) is 5.92 Å². The number of amides is 2. The van der Waals surface area contributed by atoms with E-state index in [9.17, 15) is 9.59 Å². The predicted octanol–water partition coefficient (Wildman–Crippen LogP) is 3.70. The van der Waals surface area contributed by atoms with Crippen molar-refractivity contribution in [1.29, 1.82) is 0 Å². The molecule has 2 saturated heterocycles. The summed E-state index contributed by atoms with van der Waals surface area (Å²) in [5, 5.41) is 3.90. The molecule has 34 heavy (non-hydrogen) atoms. The zero-order chi connectivity index (χ0) is 23.8. The van der Waals surface area contributed by atoms with Crippen molar-refractivity contribution in [3.05, 3.63) is 70.7 Å². The van der Waals surface area contributed by atoms with Crippen molar-refractivity contribution in [2.45, 2.75) is 31.7 Å². The molecule has 2 aromatic rings. The molecule has 2 amide bonds. The Labute approximate surface area is 207 Å². The van der Waals surface area contributed by atoms with Crippen LogP contribution in [-0.4, -0.2) is 67.6 Å². The predicted molar refractivity (Wildman–Crippen MR) is 134 cm³/mol. The number of aryl methyl sites for hydroxylation is 1. The minimum absolute atomic E-state index is 0.0475. The normalized spacial score (nSPS) is 18.4. The molecule has 0 saturated carbocycles. The Bertz CT molecular complexity index is 924. The maximum atomic E-state index is 13.0. The Morgan fingerprint density at radius 2 is 1.65 bits per heavy atom. The van der Waals surface area contributed by atoms with Gasteiger partial charge in [-0.2, -0.15) is 0 Å². The molecule has 1 atom stereocenters. The quantitative estimate of drug-likeness (QED) is 0.622. The molecule has 0 aliphatic carbocycles. The van der Waals surface area contributed by atoms with Crippen LogP contribution in [0.4, 0.5) is 0 Å². The lowest BCUT2D eigenvalue weighted by Gasteiger charge is -2.36. The van der Waals surface area contributed by atoms with Crippen molar-refractivity contribution in [3.8, 4) is 0 Å². The Kier molecular flexibility index (Phi) is 8.97. The molecule has 0 aromatic heterocycles. The van der Waals surface area contributed by atoms with E-state index in [-0.39, 0.29) is 23.8 Å². The number of nitrogens with zero attached hydrogens (tertiary/aromatic N) is 2. The van der Waals surface area contributed by atoms with Crippen LogP contribution in [0.1, 0.15) is 36.4 Å². The third kappa shape index (κ3) is 6.81. The summed E-state index contributed by atoms with van der Waals surface area (Å²) in [5.41, 5.74) is 2.33. The topological polar surface area (TPSA) is 61.9 Å². The lowest BCUT2D eigenvalue weighted by molar-refractivity contribution is -0.135. The van der Waals surface area contributed by atoms with Gasteiger partial charge in [0.1, 0.15) is 0 Å². The van der Waals surface area contributed by atoms with Crippen LogP contribution in [0, 0.1) is 5.92 Å². The molecule has 7 heteroatoms. The van der Waals surface area contributed by atoms with Crippen LogP contribution in [0.25, 0.3) is 0 Å². The Balaban J connectivity index is 1.26. The second-order valence-corrected chi connectivity index (χ2v) is 9.54. The van der Waals surface area contributed by atoms with Crippen molar-refractivity contribution >= 4 is 23.4 Å². The van der Waals surface area contributed by atoms with E-state index in [1.54, 1.807) is 0 Å². The number of carbonyl (C=O) groups excluding carboxylic acids is 2. The number of hydrogen-bond acceptors (Lipinski definition) is 4. The van der Waals surface area contributed by atoms with E-state index in [1.807, 2.05) is 47.4 Å². The maximum Gasteiger partial charge on any atom is 0.223 e. The number of benzene rings is 2. The van der Waals surface area contributed by atoms with Gasteiger partial charge < -0.3 is 15.0 Å². The molecule has 182 valence electrons. The first-order valence-electron chi connectivity index (χ1n) is 12.3. The summed E-state index contributed by atoms with van der Waals surface area (Å²) in [5.74, 6) is 0.218. The molecule has 2 fully saturated rings. The van der Waals surface area contributed by atoms with E-state index in [2.05, 4.69) is 22.3 Å². The fourth-order valence-electron chi connectivity index (χ4n) is 4.82. The maximum absolute atomic E-state index is 13.0. The van der Waals surface area contributed by atoms with Gasteiger partial charge >= 0.3 is 0 Å². The molecular weight excluding hydrogens is 450 g/mol. The van der Waals surface area contributed by atoms with Crippen LogP contribution in [0.15, 0.2) is 54.6 Å². The Morgan fingerprint density at radius 3 is 2.32 bits per heavy atom. The fourth-order valence-corrected chi connectivity index (χ4v) is 4.94. The van der Waals surface area contributed by atoms with E-state index < -0.39 is 0 Å². The summed E-state index contributed by atoms with van der Waals surface area (Å²) < 4.78 is 5.52. The molecule has 4 rings (SSSR count). The van der Waals surface area contributed by atoms with E-state index in [0.717, 1.165) is 25.1 Å². The van der Waals surface area contributed by atoms with Gasteiger partial charge in [-0.25, -0.2) is 0 Å². The van der Waals surface area contributed by atoms with Gasteiger partial charge in [-0.1, -0.05) is 54.1 Å². The first kappa shape index (κ1) is 24.7. The molecule has 6 nitrogen and oxygen atoms in total. The molecule has 2 aliphatic rings. The summed E-state index contributed by atoms with van der Waals surface area (Å²) in [6.45, 7) is 4.94. The van der Waals surface area contributed by atoms with Gasteiger partial charge in [-0.05, 0) is 42.5 Å². The van der Waals surface area contributed by atoms with Gasteiger partial charge in [0, 0.05) is 50.1 Å². The van der Waals surface area contributed by atoms with Gasteiger partial charge in [0.15, 0.2) is 0 Å². The van der Waals surface area contributed by atoms with Crippen molar-refractivity contribution in [2.75, 3.05) is 45.9 Å². The number of carbonyl (C=O) groups is 2. The van der Waals surface area contributed by atoms with Gasteiger partial charge in [0.05, 0.1) is 19.3 Å². The van der Waals surface area contributed by atoms with E-state index in [0.29, 0.717) is 57.1 Å². The summed E-state index contributed by atoms with van der Waals surface area (Å²) >= 11 is 6.08. The summed E-state index contributed by atoms with van der Waals surface area (Å²) in [6.07, 6.45) is 2.70. The lowest BCUT2D eigenvalue weighted by atomic mass is 9.95. The number of hydrogen-bond donors (Lipinski definition) is 1. The van der Waals surface area contributed by atoms with Crippen LogP contribution in [0.5, 0.6) is 0 Å². The van der Waals surface area contributed by atoms with Gasteiger partial charge in [-0.15, -0.1) is 0 Å². The first-order valence-corrected chi connectivity index (χ1v) is 12.6. The number of piperidine rings is 1. The van der Waals surface area contributed by atoms with Crippen molar-refractivity contribution < 1.29 is 14.3 Å². The number of nitrogens with one attached hydrogen (secondary N) is 1. The Morgan fingerprint density at radius 1 is 0.971 bits per heavy atom. The van der Waals surface area contributed by atoms with Gasteiger partial charge in [0.25, 0.3) is 0 Å². The molecule has 2 aliphatic heterocycles. The fraction of sp³-hybridized carbons (Fsp3) is 0.481. The van der Waals surface area contributed by atoms with Crippen LogP contribution >= 0.6 is 11.6 Å². The molecule has 1 N–H and O–H groups in total. The zero-order valence-corrected chi connectivity index (χ0v) is 20.4. The highest BCUT2D eigenvalue weighted by Gasteiger charge is 2.29. The number of rotatable bonds is 8. The number of halogens is 1. The number of likely N-dealkylation sites (tertiary alicyclic amines) is 1. The third-order valence-corrected chi connectivity index (χ3v) is 7.15. The van der Waals surface area contributed by atoms with E-state index in [1.165, 1.54) is 5.56 Å². The van der Waals surface area contributed by atoms with Crippen LogP contribution in [0.3, 0.4) is 0 Å². The second-order valence-electron chi connectivity index (χ2n) is 9.10. The molecule has 0 spiro atoms. The van der Waals surface area contributed by atoms with Gasteiger partial charge in [0.2, 0.25) is 11.8 Å². The lowest BCUT2D eigenvalue weighted by Crippen LogP contribution is -2.46. The zero-order valence-electron chi connectivity index (χ0n) is 19.6. The average molecular weight is 484 g/mol. The highest BCUT2D eigenvalue weighted by Crippen LogP contribution is 2.24. The molecule has 0 bridgehead atoms. The van der Waals surface area contributed by atoms with Crippen molar-refractivity contribution in [3.63, 3.8) is 0 Å². The van der Waals surface area contributed by atoms with Crippen LogP contribution < -0.4 is 5.32 Å². The van der Waals surface area contributed by atoms with E-state index >= 15 is 0 Å². The molecular formula is C27H34ClN3O3. The molecule has 0 radical (unpaired) electrons. The highest BCUT2D eigenvalue weighted by atomic mass is 35.5. The summed E-state index contributed by atoms with van der Waals surface area (Å²) in [4.78, 5) is 29.9. The minimum atomic E-state index is -0.0475. The third-order valence-electron chi connectivity index (χ3n) is 6.90. The Hall–Kier alpha value is -2.41. The monoisotopic (exact) mass is 483 g/mol. The van der Waals surface area contributed by atoms with Crippen LogP contribution in [-0.2, 0) is 20.7 Å². The molecule has 2 aromatic carbocycles. The second kappa shape index (κ2) is 12.3. The molecule has 2 heterocycles. The summed E-state index contributed by atoms with van der Waals surface area (Å²) in [7, 11) is 0. The smallest absolute Gasteiger partial charge is 0.223 e. The molecule has 1 unspecified atom stereocenters. The van der Waals surface area contributed by atoms with E-state index in [4.69, 9.17) is 16.3 Å². The minimum Gasteiger partial charge on any atom is -0.379 e. The average Bonchev–Trinajstić information content (AvgIpc) is 2.89. The summed E-state index contributed by atoms with van der Waals surface area (Å²) in [6, 6.07) is 18.1. The number of morpholine rings is 1. The van der Waals surface area contributed by atoms with Crippen LogP contribution in [0.2, 0.25) is 5.02 Å². The standard InChI is InChI=1S/C27H34ClN3O3/c28-24-9-7-22(8-10-24)25(30-16-18-34-19-17-30)20-29-27(33)23-12-14-31(15-13-23)26(32)11-6-21-4-2-1-3-5-21/h1-5,7-10,23,25H,6,11-20H2,(H,29,33). The van der Waals surface area contributed by atoms with Gasteiger partial charge in [-0.3, -0.25) is 14.5 Å². The SMILES string of the molecule is O=C(NCC(c1ccc(Cl)cc1)N1CCOCC1)C1CCN(C(=O)CCc2ccccc2)CC1.